The molecule has 0 N–H and O–H groups in total. The van der Waals surface area contributed by atoms with Crippen LogP contribution in [-0.2, 0) is 0 Å². The van der Waals surface area contributed by atoms with Gasteiger partial charge in [0.15, 0.2) is 5.78 Å². The highest BCUT2D eigenvalue weighted by Gasteiger charge is 2.22. The molecule has 2 nitrogen and oxygen atoms in total. The zero-order valence-electron chi connectivity index (χ0n) is 12.7. The van der Waals surface area contributed by atoms with Gasteiger partial charge in [0.25, 0.3) is 0 Å². The summed E-state index contributed by atoms with van der Waals surface area (Å²) in [5.74, 6) is 2.60. The maximum Gasteiger partial charge on any atom is 0.163 e. The van der Waals surface area contributed by atoms with Crippen LogP contribution in [0.25, 0.3) is 0 Å². The van der Waals surface area contributed by atoms with E-state index >= 15 is 0 Å². The van der Waals surface area contributed by atoms with Crippen molar-refractivity contribution >= 4 is 5.78 Å². The fourth-order valence-electron chi connectivity index (χ4n) is 3.29. The monoisotopic (exact) mass is 274 g/mol. The van der Waals surface area contributed by atoms with Crippen molar-refractivity contribution in [2.24, 2.45) is 11.8 Å². The molecule has 0 aromatic heterocycles. The zero-order chi connectivity index (χ0) is 14.4. The van der Waals surface area contributed by atoms with Gasteiger partial charge in [-0.15, -0.1) is 0 Å². The molecule has 1 fully saturated rings. The SMILES string of the molecule is CCCC1CCC(CC(=O)c2ccc(OC)cc2)CC1. The molecule has 0 bridgehead atoms. The lowest BCUT2D eigenvalue weighted by Crippen LogP contribution is -2.17. The Hall–Kier alpha value is -1.31. The van der Waals surface area contributed by atoms with Crippen molar-refractivity contribution < 1.29 is 9.53 Å². The highest BCUT2D eigenvalue weighted by atomic mass is 16.5. The molecule has 2 rings (SSSR count). The molecule has 1 saturated carbocycles. The number of methoxy groups -OCH3 is 1. The average Bonchev–Trinajstić information content (AvgIpc) is 2.49. The predicted molar refractivity (Wildman–Crippen MR) is 82.3 cm³/mol. The second kappa shape index (κ2) is 7.47. The van der Waals surface area contributed by atoms with Gasteiger partial charge in [0, 0.05) is 12.0 Å². The lowest BCUT2D eigenvalue weighted by atomic mass is 9.78. The summed E-state index contributed by atoms with van der Waals surface area (Å²) in [6.07, 6.45) is 8.45. The molecule has 0 saturated heterocycles. The van der Waals surface area contributed by atoms with E-state index in [1.807, 2.05) is 24.3 Å². The van der Waals surface area contributed by atoms with Crippen LogP contribution in [0.15, 0.2) is 24.3 Å². The molecule has 0 atom stereocenters. The van der Waals surface area contributed by atoms with Crippen molar-refractivity contribution in [1.29, 1.82) is 0 Å². The summed E-state index contributed by atoms with van der Waals surface area (Å²) in [7, 11) is 1.64. The molecule has 0 aliphatic heterocycles. The summed E-state index contributed by atoms with van der Waals surface area (Å²) >= 11 is 0. The van der Waals surface area contributed by atoms with Crippen molar-refractivity contribution in [1.82, 2.24) is 0 Å². The van der Waals surface area contributed by atoms with Crippen LogP contribution in [0.3, 0.4) is 0 Å². The second-order valence-electron chi connectivity index (χ2n) is 6.03. The Morgan fingerprint density at radius 1 is 1.10 bits per heavy atom. The molecule has 110 valence electrons. The molecular weight excluding hydrogens is 248 g/mol. The van der Waals surface area contributed by atoms with E-state index in [9.17, 15) is 4.79 Å². The number of carbonyl (C=O) groups is 1. The number of Topliss-reactive ketones (excluding diaryl/α,β-unsaturated/α-hetero) is 1. The first kappa shape index (κ1) is 15.1. The quantitative estimate of drug-likeness (QED) is 0.691. The molecule has 0 unspecified atom stereocenters. The molecule has 0 radical (unpaired) electrons. The van der Waals surface area contributed by atoms with Crippen LogP contribution in [-0.4, -0.2) is 12.9 Å². The minimum absolute atomic E-state index is 0.284. The van der Waals surface area contributed by atoms with E-state index in [1.54, 1.807) is 7.11 Å². The summed E-state index contributed by atoms with van der Waals surface area (Å²) in [5.41, 5.74) is 0.821. The van der Waals surface area contributed by atoms with Crippen LogP contribution in [0.4, 0.5) is 0 Å². The van der Waals surface area contributed by atoms with Crippen LogP contribution in [0, 0.1) is 11.8 Å². The molecule has 1 aromatic rings. The molecule has 0 spiro atoms. The van der Waals surface area contributed by atoms with E-state index in [0.29, 0.717) is 12.3 Å². The lowest BCUT2D eigenvalue weighted by molar-refractivity contribution is 0.0942. The third kappa shape index (κ3) is 4.09. The highest BCUT2D eigenvalue weighted by Crippen LogP contribution is 2.33. The fourth-order valence-corrected chi connectivity index (χ4v) is 3.29. The third-order valence-electron chi connectivity index (χ3n) is 4.55. The second-order valence-corrected chi connectivity index (χ2v) is 6.03. The van der Waals surface area contributed by atoms with Crippen molar-refractivity contribution in [3.05, 3.63) is 29.8 Å². The van der Waals surface area contributed by atoms with E-state index in [2.05, 4.69) is 6.92 Å². The zero-order valence-corrected chi connectivity index (χ0v) is 12.7. The molecule has 2 heteroatoms. The maximum atomic E-state index is 12.3. The predicted octanol–water partition coefficient (Wildman–Crippen LogP) is 4.87. The Morgan fingerprint density at radius 3 is 2.25 bits per heavy atom. The van der Waals surface area contributed by atoms with Gasteiger partial charge in [0.05, 0.1) is 7.11 Å². The summed E-state index contributed by atoms with van der Waals surface area (Å²) in [6, 6.07) is 7.49. The van der Waals surface area contributed by atoms with Gasteiger partial charge in [-0.2, -0.15) is 0 Å². The standard InChI is InChI=1S/C18H26O2/c1-3-4-14-5-7-15(8-6-14)13-18(19)16-9-11-17(20-2)12-10-16/h9-12,14-15H,3-8,13H2,1-2H3. The number of carbonyl (C=O) groups excluding carboxylic acids is 1. The molecular formula is C18H26O2. The van der Waals surface area contributed by atoms with Crippen molar-refractivity contribution in [3.63, 3.8) is 0 Å². The van der Waals surface area contributed by atoms with Gasteiger partial charge in [-0.1, -0.05) is 32.6 Å². The number of hydrogen-bond donors (Lipinski definition) is 0. The van der Waals surface area contributed by atoms with Crippen LogP contribution in [0.1, 0.15) is 62.2 Å². The largest absolute Gasteiger partial charge is 0.497 e. The number of ether oxygens (including phenoxy) is 1. The van der Waals surface area contributed by atoms with Crippen LogP contribution < -0.4 is 4.74 Å². The van der Waals surface area contributed by atoms with E-state index in [-0.39, 0.29) is 5.78 Å². The van der Waals surface area contributed by atoms with Crippen molar-refractivity contribution in [2.45, 2.75) is 51.9 Å². The molecule has 1 aliphatic carbocycles. The van der Waals surface area contributed by atoms with Crippen molar-refractivity contribution in [3.8, 4) is 5.75 Å². The maximum absolute atomic E-state index is 12.3. The van der Waals surface area contributed by atoms with Gasteiger partial charge < -0.3 is 4.74 Å². The van der Waals surface area contributed by atoms with Gasteiger partial charge in [-0.05, 0) is 48.9 Å². The highest BCUT2D eigenvalue weighted by molar-refractivity contribution is 5.96. The van der Waals surface area contributed by atoms with Crippen LogP contribution in [0.5, 0.6) is 5.75 Å². The van der Waals surface area contributed by atoms with Crippen molar-refractivity contribution in [2.75, 3.05) is 7.11 Å². The molecule has 0 heterocycles. The first-order valence-electron chi connectivity index (χ1n) is 7.90. The third-order valence-corrected chi connectivity index (χ3v) is 4.55. The van der Waals surface area contributed by atoms with Gasteiger partial charge in [0.1, 0.15) is 5.75 Å². The Labute approximate surface area is 122 Å². The molecule has 1 aliphatic rings. The Morgan fingerprint density at radius 2 is 1.70 bits per heavy atom. The Balaban J connectivity index is 1.82. The first-order chi connectivity index (χ1) is 9.72. The van der Waals surface area contributed by atoms with Crippen LogP contribution in [0.2, 0.25) is 0 Å². The Bertz CT molecular complexity index is 414. The summed E-state index contributed by atoms with van der Waals surface area (Å²) in [6.45, 7) is 2.26. The summed E-state index contributed by atoms with van der Waals surface area (Å²) in [4.78, 5) is 12.3. The number of hydrogen-bond acceptors (Lipinski definition) is 2. The molecule has 1 aromatic carbocycles. The summed E-state index contributed by atoms with van der Waals surface area (Å²) < 4.78 is 5.12. The Kier molecular flexibility index (Phi) is 5.63. The lowest BCUT2D eigenvalue weighted by Gasteiger charge is -2.27. The van der Waals surface area contributed by atoms with E-state index in [4.69, 9.17) is 4.74 Å². The van der Waals surface area contributed by atoms with E-state index in [0.717, 1.165) is 17.2 Å². The van der Waals surface area contributed by atoms with Gasteiger partial charge in [-0.3, -0.25) is 4.79 Å². The van der Waals surface area contributed by atoms with Gasteiger partial charge in [-0.25, -0.2) is 0 Å². The number of ketones is 1. The minimum atomic E-state index is 0.284. The normalized spacial score (nSPS) is 22.5. The fraction of sp³-hybridized carbons (Fsp3) is 0.611. The minimum Gasteiger partial charge on any atom is -0.497 e. The number of rotatable bonds is 6. The summed E-state index contributed by atoms with van der Waals surface area (Å²) in [5, 5.41) is 0. The molecule has 0 amide bonds. The number of benzene rings is 1. The first-order valence-corrected chi connectivity index (χ1v) is 7.90. The van der Waals surface area contributed by atoms with Gasteiger partial charge in [0.2, 0.25) is 0 Å². The van der Waals surface area contributed by atoms with E-state index < -0.39 is 0 Å². The molecule has 20 heavy (non-hydrogen) atoms. The smallest absolute Gasteiger partial charge is 0.163 e. The average molecular weight is 274 g/mol. The van der Waals surface area contributed by atoms with E-state index in [1.165, 1.54) is 38.5 Å². The van der Waals surface area contributed by atoms with Crippen LogP contribution >= 0.6 is 0 Å². The van der Waals surface area contributed by atoms with Gasteiger partial charge >= 0.3 is 0 Å². The topological polar surface area (TPSA) is 26.3 Å².